The Kier molecular flexibility index (Phi) is 6.33. The summed E-state index contributed by atoms with van der Waals surface area (Å²) < 4.78 is 11.2. The van der Waals surface area contributed by atoms with Crippen molar-refractivity contribution in [2.24, 2.45) is 0 Å². The topological polar surface area (TPSA) is 71.3 Å². The molecule has 1 heterocycles. The van der Waals surface area contributed by atoms with Crippen molar-refractivity contribution in [1.82, 2.24) is 0 Å². The van der Waals surface area contributed by atoms with E-state index in [-0.39, 0.29) is 11.2 Å². The molecule has 146 valence electrons. The fourth-order valence-electron chi connectivity index (χ4n) is 3.73. The number of rotatable bonds is 7. The predicted molar refractivity (Wildman–Crippen MR) is 109 cm³/mol. The summed E-state index contributed by atoms with van der Waals surface area (Å²) >= 11 is 0. The molecule has 1 N–H and O–H groups in total. The van der Waals surface area contributed by atoms with Crippen LogP contribution in [0.2, 0.25) is 0 Å². The van der Waals surface area contributed by atoms with Crippen LogP contribution in [0.4, 0.5) is 5.69 Å². The molecule has 28 heavy (non-hydrogen) atoms. The van der Waals surface area contributed by atoms with Crippen molar-refractivity contribution in [3.63, 3.8) is 0 Å². The van der Waals surface area contributed by atoms with Gasteiger partial charge in [0.05, 0.1) is 18.2 Å². The molecule has 0 unspecified atom stereocenters. The third kappa shape index (κ3) is 4.35. The molecule has 5 heteroatoms. The molecule has 0 amide bonds. The number of nitriles is 1. The fraction of sp³-hybridized carbons (Fsp3) is 0.391. The normalized spacial score (nSPS) is 15.5. The molecule has 3 rings (SSSR count). The van der Waals surface area contributed by atoms with Crippen molar-refractivity contribution < 1.29 is 14.3 Å². The minimum atomic E-state index is -0.0975. The molecular formula is C23H26N2O3. The standard InChI is InChI=1S/C23H26N2O3/c1-3-28-20-7-5-19(6-8-20)23(10-12-27-13-11-23)16-25-22-14-18(15-24)4-9-21(22)17(2)26/h4-9,14,25H,3,10-13,16H2,1-2H3. The Morgan fingerprint density at radius 3 is 2.54 bits per heavy atom. The van der Waals surface area contributed by atoms with Crippen LogP contribution in [-0.2, 0) is 10.2 Å². The Morgan fingerprint density at radius 2 is 1.93 bits per heavy atom. The number of nitrogens with zero attached hydrogens (tertiary/aromatic N) is 1. The molecule has 0 aromatic heterocycles. The van der Waals surface area contributed by atoms with E-state index in [4.69, 9.17) is 9.47 Å². The van der Waals surface area contributed by atoms with Gasteiger partial charge in [0.1, 0.15) is 5.75 Å². The van der Waals surface area contributed by atoms with E-state index in [9.17, 15) is 10.1 Å². The molecule has 2 aromatic rings. The summed E-state index contributed by atoms with van der Waals surface area (Å²) in [4.78, 5) is 12.0. The van der Waals surface area contributed by atoms with Gasteiger partial charge in [-0.05, 0) is 62.6 Å². The van der Waals surface area contributed by atoms with Crippen molar-refractivity contribution in [3.8, 4) is 11.8 Å². The Bertz CT molecular complexity index is 862. The predicted octanol–water partition coefficient (Wildman–Crippen LogP) is 4.32. The van der Waals surface area contributed by atoms with Crippen LogP contribution in [0, 0.1) is 11.3 Å². The third-order valence-corrected chi connectivity index (χ3v) is 5.37. The Hall–Kier alpha value is -2.84. The lowest BCUT2D eigenvalue weighted by Gasteiger charge is -2.38. The van der Waals surface area contributed by atoms with Gasteiger partial charge in [-0.1, -0.05) is 12.1 Å². The van der Waals surface area contributed by atoms with Crippen LogP contribution in [0.15, 0.2) is 42.5 Å². The van der Waals surface area contributed by atoms with Crippen molar-refractivity contribution in [3.05, 3.63) is 59.2 Å². The lowest BCUT2D eigenvalue weighted by Crippen LogP contribution is -2.40. The van der Waals surface area contributed by atoms with E-state index < -0.39 is 0 Å². The smallest absolute Gasteiger partial charge is 0.161 e. The highest BCUT2D eigenvalue weighted by molar-refractivity contribution is 5.99. The van der Waals surface area contributed by atoms with Crippen LogP contribution in [0.25, 0.3) is 0 Å². The molecule has 2 aromatic carbocycles. The molecule has 1 aliphatic rings. The van der Waals surface area contributed by atoms with Crippen molar-refractivity contribution in [1.29, 1.82) is 5.26 Å². The van der Waals surface area contributed by atoms with Gasteiger partial charge in [-0.2, -0.15) is 5.26 Å². The van der Waals surface area contributed by atoms with Crippen molar-refractivity contribution >= 4 is 11.5 Å². The van der Waals surface area contributed by atoms with Gasteiger partial charge in [0.2, 0.25) is 0 Å². The highest BCUT2D eigenvalue weighted by Crippen LogP contribution is 2.36. The molecule has 1 saturated heterocycles. The number of carbonyl (C=O) groups is 1. The Labute approximate surface area is 166 Å². The SMILES string of the molecule is CCOc1ccc(C2(CNc3cc(C#N)ccc3C(C)=O)CCOCC2)cc1. The van der Waals surface area contributed by atoms with E-state index in [1.54, 1.807) is 25.1 Å². The number of hydrogen-bond donors (Lipinski definition) is 1. The molecule has 0 saturated carbocycles. The minimum absolute atomic E-state index is 0.0194. The summed E-state index contributed by atoms with van der Waals surface area (Å²) in [5.41, 5.74) is 2.98. The van der Waals surface area contributed by atoms with Crippen molar-refractivity contribution in [2.45, 2.75) is 32.1 Å². The maximum atomic E-state index is 12.0. The molecule has 5 nitrogen and oxygen atoms in total. The molecule has 0 radical (unpaired) electrons. The second-order valence-electron chi connectivity index (χ2n) is 7.13. The van der Waals surface area contributed by atoms with E-state index in [2.05, 4.69) is 23.5 Å². The first-order valence-corrected chi connectivity index (χ1v) is 9.68. The summed E-state index contributed by atoms with van der Waals surface area (Å²) in [6.07, 6.45) is 1.78. The Balaban J connectivity index is 1.88. The Morgan fingerprint density at radius 1 is 1.21 bits per heavy atom. The molecule has 0 atom stereocenters. The van der Waals surface area contributed by atoms with E-state index >= 15 is 0 Å². The van der Waals surface area contributed by atoms with Crippen LogP contribution < -0.4 is 10.1 Å². The van der Waals surface area contributed by atoms with E-state index in [1.807, 2.05) is 19.1 Å². The summed E-state index contributed by atoms with van der Waals surface area (Å²) in [6, 6.07) is 15.6. The van der Waals surface area contributed by atoms with Crippen LogP contribution in [0.3, 0.4) is 0 Å². The van der Waals surface area contributed by atoms with Crippen molar-refractivity contribution in [2.75, 3.05) is 31.7 Å². The number of Topliss-reactive ketones (excluding diaryl/α,β-unsaturated/α-hetero) is 1. The molecular weight excluding hydrogens is 352 g/mol. The van der Waals surface area contributed by atoms with Gasteiger partial charge in [-0.15, -0.1) is 0 Å². The third-order valence-electron chi connectivity index (χ3n) is 5.37. The zero-order valence-electron chi connectivity index (χ0n) is 16.5. The monoisotopic (exact) mass is 378 g/mol. The van der Waals surface area contributed by atoms with Crippen LogP contribution in [0.1, 0.15) is 48.2 Å². The van der Waals surface area contributed by atoms with E-state index in [0.717, 1.165) is 18.6 Å². The van der Waals surface area contributed by atoms with Gasteiger partial charge in [0.15, 0.2) is 5.78 Å². The molecule has 0 spiro atoms. The largest absolute Gasteiger partial charge is 0.494 e. The van der Waals surface area contributed by atoms with Gasteiger partial charge < -0.3 is 14.8 Å². The van der Waals surface area contributed by atoms with Crippen LogP contribution in [-0.4, -0.2) is 32.1 Å². The second-order valence-corrected chi connectivity index (χ2v) is 7.13. The molecule has 0 bridgehead atoms. The maximum absolute atomic E-state index is 12.0. The first kappa shape index (κ1) is 19.9. The number of hydrogen-bond acceptors (Lipinski definition) is 5. The summed E-state index contributed by atoms with van der Waals surface area (Å²) in [6.45, 7) is 6.23. The summed E-state index contributed by atoms with van der Waals surface area (Å²) in [7, 11) is 0. The maximum Gasteiger partial charge on any atom is 0.161 e. The van der Waals surface area contributed by atoms with Crippen LogP contribution in [0.5, 0.6) is 5.75 Å². The lowest BCUT2D eigenvalue weighted by molar-refractivity contribution is 0.0543. The zero-order chi connectivity index (χ0) is 20.0. The van der Waals surface area contributed by atoms with E-state index in [0.29, 0.717) is 43.2 Å². The number of ketones is 1. The number of ether oxygens (including phenoxy) is 2. The quantitative estimate of drug-likeness (QED) is 0.727. The zero-order valence-corrected chi connectivity index (χ0v) is 16.5. The second kappa shape index (κ2) is 8.90. The van der Waals surface area contributed by atoms with Gasteiger partial charge >= 0.3 is 0 Å². The van der Waals surface area contributed by atoms with Gasteiger partial charge in [-0.3, -0.25) is 4.79 Å². The number of anilines is 1. The van der Waals surface area contributed by atoms with Gasteiger partial charge in [0.25, 0.3) is 0 Å². The lowest BCUT2D eigenvalue weighted by atomic mass is 9.74. The molecule has 1 fully saturated rings. The number of carbonyl (C=O) groups excluding carboxylic acids is 1. The highest BCUT2D eigenvalue weighted by Gasteiger charge is 2.34. The molecule has 1 aliphatic heterocycles. The summed E-state index contributed by atoms with van der Waals surface area (Å²) in [5, 5.41) is 12.7. The average Bonchev–Trinajstić information content (AvgIpc) is 2.73. The minimum Gasteiger partial charge on any atom is -0.494 e. The number of nitrogens with one attached hydrogen (secondary N) is 1. The fourth-order valence-corrected chi connectivity index (χ4v) is 3.73. The highest BCUT2D eigenvalue weighted by atomic mass is 16.5. The van der Waals surface area contributed by atoms with E-state index in [1.165, 1.54) is 5.56 Å². The molecule has 0 aliphatic carbocycles. The summed E-state index contributed by atoms with van der Waals surface area (Å²) in [5.74, 6) is 0.844. The van der Waals surface area contributed by atoms with Gasteiger partial charge in [0, 0.05) is 36.4 Å². The number of benzene rings is 2. The van der Waals surface area contributed by atoms with Gasteiger partial charge in [-0.25, -0.2) is 0 Å². The van der Waals surface area contributed by atoms with Crippen LogP contribution >= 0.6 is 0 Å². The average molecular weight is 378 g/mol. The first-order chi connectivity index (χ1) is 13.6. The first-order valence-electron chi connectivity index (χ1n) is 9.68.